The van der Waals surface area contributed by atoms with Crippen LogP contribution >= 0.6 is 0 Å². The molecule has 0 bridgehead atoms. The Kier molecular flexibility index (Phi) is 4.55. The summed E-state index contributed by atoms with van der Waals surface area (Å²) in [7, 11) is 0. The number of aliphatic hydroxyl groups excluding tert-OH is 1. The van der Waals surface area contributed by atoms with Gasteiger partial charge in [-0.1, -0.05) is 18.2 Å². The number of hydrogen-bond donors (Lipinski definition) is 1. The van der Waals surface area contributed by atoms with E-state index < -0.39 is 18.8 Å². The molecular weight excluding hydrogens is 269 g/mol. The Balaban J connectivity index is 2.01. The number of nitrogens with zero attached hydrogens (tertiary/aromatic N) is 2. The van der Waals surface area contributed by atoms with Crippen LogP contribution in [0.15, 0.2) is 24.3 Å². The minimum Gasteiger partial charge on any atom is -0.389 e. The number of aliphatic hydroxyl groups is 1. The van der Waals surface area contributed by atoms with Gasteiger partial charge in [-0.25, -0.2) is 0 Å². The van der Waals surface area contributed by atoms with E-state index in [1.54, 1.807) is 6.92 Å². The average Bonchev–Trinajstić information content (AvgIpc) is 2.38. The number of anilines is 1. The summed E-state index contributed by atoms with van der Waals surface area (Å²) >= 11 is 0. The number of para-hydroxylation sites is 1. The van der Waals surface area contributed by atoms with Crippen LogP contribution in [0.2, 0.25) is 0 Å². The summed E-state index contributed by atoms with van der Waals surface area (Å²) < 4.78 is 37.0. The van der Waals surface area contributed by atoms with Gasteiger partial charge >= 0.3 is 6.18 Å². The predicted octanol–water partition coefficient (Wildman–Crippen LogP) is 2.42. The Morgan fingerprint density at radius 1 is 1.15 bits per heavy atom. The summed E-state index contributed by atoms with van der Waals surface area (Å²) in [5, 5.41) is 9.75. The molecule has 3 nitrogen and oxygen atoms in total. The van der Waals surface area contributed by atoms with E-state index in [1.807, 2.05) is 29.2 Å². The molecule has 1 aliphatic heterocycles. The van der Waals surface area contributed by atoms with Crippen molar-refractivity contribution in [3.63, 3.8) is 0 Å². The maximum absolute atomic E-state index is 12.3. The highest BCUT2D eigenvalue weighted by molar-refractivity contribution is 5.54. The van der Waals surface area contributed by atoms with Crippen molar-refractivity contribution < 1.29 is 18.3 Å². The Morgan fingerprint density at radius 2 is 1.75 bits per heavy atom. The lowest BCUT2D eigenvalue weighted by Crippen LogP contribution is -2.49. The van der Waals surface area contributed by atoms with Gasteiger partial charge in [-0.3, -0.25) is 4.90 Å². The molecule has 112 valence electrons. The van der Waals surface area contributed by atoms with E-state index in [0.29, 0.717) is 26.2 Å². The van der Waals surface area contributed by atoms with Gasteiger partial charge < -0.3 is 10.0 Å². The van der Waals surface area contributed by atoms with Crippen molar-refractivity contribution in [2.24, 2.45) is 0 Å². The zero-order valence-electron chi connectivity index (χ0n) is 11.4. The van der Waals surface area contributed by atoms with Gasteiger partial charge in [-0.2, -0.15) is 13.2 Å². The normalized spacial score (nSPS) is 19.1. The van der Waals surface area contributed by atoms with E-state index >= 15 is 0 Å². The number of halogens is 3. The van der Waals surface area contributed by atoms with Gasteiger partial charge in [0.1, 0.15) is 0 Å². The van der Waals surface area contributed by atoms with Crippen LogP contribution in [0.25, 0.3) is 0 Å². The topological polar surface area (TPSA) is 26.7 Å². The molecule has 1 aromatic carbocycles. The third kappa shape index (κ3) is 3.86. The zero-order chi connectivity index (χ0) is 14.8. The highest BCUT2D eigenvalue weighted by atomic mass is 19.4. The van der Waals surface area contributed by atoms with Crippen LogP contribution in [0, 0.1) is 0 Å². The quantitative estimate of drug-likeness (QED) is 0.925. The Morgan fingerprint density at radius 3 is 2.30 bits per heavy atom. The van der Waals surface area contributed by atoms with Crippen molar-refractivity contribution in [2.45, 2.75) is 19.2 Å². The second kappa shape index (κ2) is 6.01. The Labute approximate surface area is 116 Å². The molecule has 1 N–H and O–H groups in total. The second-order valence-corrected chi connectivity index (χ2v) is 5.11. The van der Waals surface area contributed by atoms with E-state index in [2.05, 4.69) is 0 Å². The molecule has 20 heavy (non-hydrogen) atoms. The Hall–Kier alpha value is -1.27. The van der Waals surface area contributed by atoms with Crippen molar-refractivity contribution >= 4 is 5.69 Å². The molecule has 1 saturated heterocycles. The third-order valence-corrected chi connectivity index (χ3v) is 3.50. The number of rotatable bonds is 3. The molecule has 0 saturated carbocycles. The monoisotopic (exact) mass is 288 g/mol. The van der Waals surface area contributed by atoms with Crippen LogP contribution in [0.3, 0.4) is 0 Å². The van der Waals surface area contributed by atoms with Crippen LogP contribution in [-0.2, 0) is 0 Å². The first kappa shape index (κ1) is 15.1. The molecule has 1 heterocycles. The molecule has 0 spiro atoms. The molecule has 0 aromatic heterocycles. The van der Waals surface area contributed by atoms with E-state index in [0.717, 1.165) is 11.3 Å². The lowest BCUT2D eigenvalue weighted by molar-refractivity contribution is -0.146. The highest BCUT2D eigenvalue weighted by Crippen LogP contribution is 2.27. The van der Waals surface area contributed by atoms with E-state index in [9.17, 15) is 18.3 Å². The fraction of sp³-hybridized carbons (Fsp3) is 0.571. The van der Waals surface area contributed by atoms with Crippen molar-refractivity contribution in [1.29, 1.82) is 0 Å². The van der Waals surface area contributed by atoms with Gasteiger partial charge in [-0.05, 0) is 13.0 Å². The fourth-order valence-electron chi connectivity index (χ4n) is 2.53. The first-order valence-corrected chi connectivity index (χ1v) is 6.68. The van der Waals surface area contributed by atoms with Gasteiger partial charge in [0.15, 0.2) is 0 Å². The average molecular weight is 288 g/mol. The van der Waals surface area contributed by atoms with Crippen LogP contribution < -0.4 is 4.90 Å². The minimum atomic E-state index is -4.14. The van der Waals surface area contributed by atoms with Gasteiger partial charge in [0.05, 0.1) is 12.6 Å². The summed E-state index contributed by atoms with van der Waals surface area (Å²) in [6.45, 7) is 2.69. The lowest BCUT2D eigenvalue weighted by Gasteiger charge is -2.37. The molecule has 0 aliphatic carbocycles. The molecule has 1 aliphatic rings. The summed E-state index contributed by atoms with van der Waals surface area (Å²) in [5.74, 6) is 0. The van der Waals surface area contributed by atoms with Crippen molar-refractivity contribution in [3.8, 4) is 0 Å². The maximum Gasteiger partial charge on any atom is 0.401 e. The lowest BCUT2D eigenvalue weighted by atomic mass is 10.1. The standard InChI is InChI=1S/C14H19F3N2O/c1-11(20)12-4-2-3-5-13(12)19-8-6-18(7-9-19)10-14(15,16)17/h2-5,11,20H,6-10H2,1H3/t11-/m0/s1. The van der Waals surface area contributed by atoms with Crippen molar-refractivity contribution in [1.82, 2.24) is 4.90 Å². The fourth-order valence-corrected chi connectivity index (χ4v) is 2.53. The summed E-state index contributed by atoms with van der Waals surface area (Å²) in [6.07, 6.45) is -4.72. The summed E-state index contributed by atoms with van der Waals surface area (Å²) in [6, 6.07) is 7.48. The molecule has 0 unspecified atom stereocenters. The van der Waals surface area contributed by atoms with Crippen LogP contribution in [0.5, 0.6) is 0 Å². The molecule has 1 aromatic rings. The third-order valence-electron chi connectivity index (χ3n) is 3.50. The first-order chi connectivity index (χ1) is 9.37. The van der Waals surface area contributed by atoms with Crippen LogP contribution in [0.4, 0.5) is 18.9 Å². The van der Waals surface area contributed by atoms with Crippen LogP contribution in [0.1, 0.15) is 18.6 Å². The number of alkyl halides is 3. The molecule has 6 heteroatoms. The minimum absolute atomic E-state index is 0.383. The molecule has 0 amide bonds. The number of piperazine rings is 1. The summed E-state index contributed by atoms with van der Waals surface area (Å²) in [5.41, 5.74) is 1.73. The smallest absolute Gasteiger partial charge is 0.389 e. The largest absolute Gasteiger partial charge is 0.401 e. The molecule has 1 atom stereocenters. The SMILES string of the molecule is C[C@H](O)c1ccccc1N1CCN(CC(F)(F)F)CC1. The maximum atomic E-state index is 12.3. The highest BCUT2D eigenvalue weighted by Gasteiger charge is 2.32. The number of hydrogen-bond acceptors (Lipinski definition) is 3. The van der Waals surface area contributed by atoms with Crippen molar-refractivity contribution in [2.75, 3.05) is 37.6 Å². The van der Waals surface area contributed by atoms with E-state index in [-0.39, 0.29) is 0 Å². The van der Waals surface area contributed by atoms with E-state index in [1.165, 1.54) is 4.90 Å². The number of benzene rings is 1. The molecular formula is C14H19F3N2O. The van der Waals surface area contributed by atoms with Gasteiger partial charge in [0.25, 0.3) is 0 Å². The first-order valence-electron chi connectivity index (χ1n) is 6.68. The predicted molar refractivity (Wildman–Crippen MR) is 71.8 cm³/mol. The Bertz CT molecular complexity index is 440. The van der Waals surface area contributed by atoms with Crippen molar-refractivity contribution in [3.05, 3.63) is 29.8 Å². The second-order valence-electron chi connectivity index (χ2n) is 5.11. The van der Waals surface area contributed by atoms with Gasteiger partial charge in [-0.15, -0.1) is 0 Å². The molecule has 2 rings (SSSR count). The van der Waals surface area contributed by atoms with Crippen LogP contribution in [-0.4, -0.2) is 48.9 Å². The molecule has 0 radical (unpaired) electrons. The van der Waals surface area contributed by atoms with Gasteiger partial charge in [0.2, 0.25) is 0 Å². The van der Waals surface area contributed by atoms with E-state index in [4.69, 9.17) is 0 Å². The summed E-state index contributed by atoms with van der Waals surface area (Å²) in [4.78, 5) is 3.45. The zero-order valence-corrected chi connectivity index (χ0v) is 11.4. The van der Waals surface area contributed by atoms with Gasteiger partial charge in [0, 0.05) is 37.4 Å². The molecule has 1 fully saturated rings.